The van der Waals surface area contributed by atoms with Gasteiger partial charge in [0.05, 0.1) is 28.9 Å². The molecule has 0 aliphatic carbocycles. The highest BCUT2D eigenvalue weighted by atomic mass is 35.5. The van der Waals surface area contributed by atoms with E-state index < -0.39 is 17.8 Å². The van der Waals surface area contributed by atoms with Gasteiger partial charge in [-0.25, -0.2) is 10.2 Å². The molecule has 8 heteroatoms. The first kappa shape index (κ1) is 22.7. The zero-order valence-corrected chi connectivity index (χ0v) is 17.9. The molecule has 2 amide bonds. The molecule has 7 nitrogen and oxygen atoms in total. The van der Waals surface area contributed by atoms with E-state index in [9.17, 15) is 14.4 Å². The highest BCUT2D eigenvalue weighted by Gasteiger charge is 2.11. The van der Waals surface area contributed by atoms with Gasteiger partial charge in [0.25, 0.3) is 11.8 Å². The lowest BCUT2D eigenvalue weighted by molar-refractivity contribution is -0.120. The number of carbonyl (C=O) groups is 3. The molecule has 0 fully saturated rings. The minimum Gasteiger partial charge on any atom is -0.423 e. The summed E-state index contributed by atoms with van der Waals surface area (Å²) >= 11 is 5.95. The molecule has 0 aromatic heterocycles. The molecule has 0 heterocycles. The summed E-state index contributed by atoms with van der Waals surface area (Å²) in [5, 5.41) is 6.62. The van der Waals surface area contributed by atoms with Crippen LogP contribution in [0.5, 0.6) is 5.75 Å². The molecular formula is C24H20ClN3O4. The van der Waals surface area contributed by atoms with Crippen LogP contribution in [0.25, 0.3) is 0 Å². The SMILES string of the molecule is Cc1cccc(C(=O)Oc2ccc(/C=N\NC(=O)CNC(=O)c3ccccc3Cl)cc2)c1. The molecule has 0 saturated carbocycles. The zero-order chi connectivity index (χ0) is 22.9. The van der Waals surface area contributed by atoms with Crippen LogP contribution in [-0.4, -0.2) is 30.5 Å². The van der Waals surface area contributed by atoms with E-state index in [1.165, 1.54) is 6.21 Å². The van der Waals surface area contributed by atoms with Crippen molar-refractivity contribution in [2.45, 2.75) is 6.92 Å². The number of benzene rings is 3. The van der Waals surface area contributed by atoms with Gasteiger partial charge in [-0.3, -0.25) is 9.59 Å². The van der Waals surface area contributed by atoms with Gasteiger partial charge in [-0.2, -0.15) is 5.10 Å². The monoisotopic (exact) mass is 449 g/mol. The van der Waals surface area contributed by atoms with E-state index in [0.717, 1.165) is 5.56 Å². The van der Waals surface area contributed by atoms with Gasteiger partial charge in [0.15, 0.2) is 0 Å². The normalized spacial score (nSPS) is 10.6. The fourth-order valence-electron chi connectivity index (χ4n) is 2.68. The molecule has 162 valence electrons. The van der Waals surface area contributed by atoms with Crippen LogP contribution in [0.4, 0.5) is 0 Å². The van der Waals surface area contributed by atoms with Crippen molar-refractivity contribution in [3.8, 4) is 5.75 Å². The fraction of sp³-hybridized carbons (Fsp3) is 0.0833. The van der Waals surface area contributed by atoms with Gasteiger partial charge in [-0.1, -0.05) is 41.4 Å². The number of hydrazone groups is 1. The van der Waals surface area contributed by atoms with Crippen LogP contribution in [0.3, 0.4) is 0 Å². The number of aryl methyl sites for hydroxylation is 1. The summed E-state index contributed by atoms with van der Waals surface area (Å²) < 4.78 is 5.35. The van der Waals surface area contributed by atoms with Crippen molar-refractivity contribution in [2.75, 3.05) is 6.54 Å². The number of carbonyl (C=O) groups excluding carboxylic acids is 3. The molecule has 2 N–H and O–H groups in total. The molecule has 0 aliphatic heterocycles. The Hall–Kier alpha value is -3.97. The average molecular weight is 450 g/mol. The molecule has 0 atom stereocenters. The van der Waals surface area contributed by atoms with Gasteiger partial charge in [-0.15, -0.1) is 0 Å². The molecule has 0 aliphatic rings. The molecule has 3 rings (SSSR count). The summed E-state index contributed by atoms with van der Waals surface area (Å²) in [4.78, 5) is 36.1. The first-order valence-corrected chi connectivity index (χ1v) is 10.0. The number of amides is 2. The second-order valence-electron chi connectivity index (χ2n) is 6.78. The van der Waals surface area contributed by atoms with Crippen molar-refractivity contribution >= 4 is 35.6 Å². The molecule has 0 radical (unpaired) electrons. The van der Waals surface area contributed by atoms with Crippen molar-refractivity contribution < 1.29 is 19.1 Å². The van der Waals surface area contributed by atoms with E-state index in [2.05, 4.69) is 15.8 Å². The number of rotatable bonds is 7. The molecule has 3 aromatic rings. The van der Waals surface area contributed by atoms with Crippen molar-refractivity contribution in [3.63, 3.8) is 0 Å². The van der Waals surface area contributed by atoms with Crippen LogP contribution < -0.4 is 15.5 Å². The summed E-state index contributed by atoms with van der Waals surface area (Å²) in [6.45, 7) is 1.64. The van der Waals surface area contributed by atoms with E-state index in [0.29, 0.717) is 21.9 Å². The van der Waals surface area contributed by atoms with Crippen molar-refractivity contribution in [1.82, 2.24) is 10.7 Å². The van der Waals surface area contributed by atoms with E-state index in [-0.39, 0.29) is 12.1 Å². The summed E-state index contributed by atoms with van der Waals surface area (Å²) in [5.74, 6) is -1.00. The van der Waals surface area contributed by atoms with E-state index in [1.54, 1.807) is 66.7 Å². The Balaban J connectivity index is 1.46. The van der Waals surface area contributed by atoms with Gasteiger partial charge in [0.1, 0.15) is 5.75 Å². The minimum absolute atomic E-state index is 0.255. The Labute approximate surface area is 190 Å². The molecule has 0 bridgehead atoms. The molecule has 3 aromatic carbocycles. The number of hydrogen-bond acceptors (Lipinski definition) is 5. The lowest BCUT2D eigenvalue weighted by Gasteiger charge is -2.06. The van der Waals surface area contributed by atoms with Crippen molar-refractivity contribution in [3.05, 3.63) is 100 Å². The summed E-state index contributed by atoms with van der Waals surface area (Å²) in [5.41, 5.74) is 4.73. The first-order valence-electron chi connectivity index (χ1n) is 9.66. The van der Waals surface area contributed by atoms with Gasteiger partial charge < -0.3 is 10.1 Å². The van der Waals surface area contributed by atoms with Crippen LogP contribution in [0.2, 0.25) is 5.02 Å². The predicted molar refractivity (Wildman–Crippen MR) is 122 cm³/mol. The largest absolute Gasteiger partial charge is 0.423 e. The fourth-order valence-corrected chi connectivity index (χ4v) is 2.90. The molecule has 0 spiro atoms. The third-order valence-corrected chi connectivity index (χ3v) is 4.60. The lowest BCUT2D eigenvalue weighted by atomic mass is 10.1. The number of nitrogens with one attached hydrogen (secondary N) is 2. The maximum atomic E-state index is 12.2. The second-order valence-corrected chi connectivity index (χ2v) is 7.19. The lowest BCUT2D eigenvalue weighted by Crippen LogP contribution is -2.35. The van der Waals surface area contributed by atoms with E-state index in [4.69, 9.17) is 16.3 Å². The summed E-state index contributed by atoms with van der Waals surface area (Å²) in [6, 6.07) is 20.3. The van der Waals surface area contributed by atoms with Gasteiger partial charge >= 0.3 is 5.97 Å². The Morgan fingerprint density at radius 3 is 2.47 bits per heavy atom. The van der Waals surface area contributed by atoms with Gasteiger partial charge in [-0.05, 0) is 61.0 Å². The maximum Gasteiger partial charge on any atom is 0.343 e. The Morgan fingerprint density at radius 1 is 1.00 bits per heavy atom. The number of hydrogen-bond donors (Lipinski definition) is 2. The molecule has 32 heavy (non-hydrogen) atoms. The molecule has 0 unspecified atom stereocenters. The smallest absolute Gasteiger partial charge is 0.343 e. The number of esters is 1. The first-order chi connectivity index (χ1) is 15.4. The highest BCUT2D eigenvalue weighted by molar-refractivity contribution is 6.33. The Kier molecular flexibility index (Phi) is 7.72. The zero-order valence-electron chi connectivity index (χ0n) is 17.2. The second kappa shape index (κ2) is 10.9. The number of nitrogens with zero attached hydrogens (tertiary/aromatic N) is 1. The third-order valence-electron chi connectivity index (χ3n) is 4.28. The average Bonchev–Trinajstić information content (AvgIpc) is 2.79. The van der Waals surface area contributed by atoms with Crippen molar-refractivity contribution in [2.24, 2.45) is 5.10 Å². The molecular weight excluding hydrogens is 430 g/mol. The van der Waals surface area contributed by atoms with Crippen LogP contribution in [0.15, 0.2) is 77.9 Å². The van der Waals surface area contributed by atoms with Crippen LogP contribution in [-0.2, 0) is 4.79 Å². The predicted octanol–water partition coefficient (Wildman–Crippen LogP) is 3.75. The van der Waals surface area contributed by atoms with Crippen LogP contribution in [0, 0.1) is 6.92 Å². The van der Waals surface area contributed by atoms with E-state index >= 15 is 0 Å². The number of halogens is 1. The van der Waals surface area contributed by atoms with E-state index in [1.807, 2.05) is 13.0 Å². The molecule has 0 saturated heterocycles. The minimum atomic E-state index is -0.495. The standard InChI is InChI=1S/C24H20ClN3O4/c1-16-5-4-6-18(13-16)24(31)32-19-11-9-17(10-12-19)14-27-28-22(29)15-26-23(30)20-7-2-3-8-21(20)25/h2-14H,15H2,1H3,(H,26,30)(H,28,29)/b27-14-. The van der Waals surface area contributed by atoms with Gasteiger partial charge in [0, 0.05) is 0 Å². The maximum absolute atomic E-state index is 12.2. The Morgan fingerprint density at radius 2 is 1.75 bits per heavy atom. The van der Waals surface area contributed by atoms with Crippen LogP contribution in [0.1, 0.15) is 31.8 Å². The van der Waals surface area contributed by atoms with Crippen LogP contribution >= 0.6 is 11.6 Å². The highest BCUT2D eigenvalue weighted by Crippen LogP contribution is 2.15. The topological polar surface area (TPSA) is 96.9 Å². The third kappa shape index (κ3) is 6.52. The van der Waals surface area contributed by atoms with Gasteiger partial charge in [0.2, 0.25) is 0 Å². The Bertz CT molecular complexity index is 1160. The quantitative estimate of drug-likeness (QED) is 0.248. The number of ether oxygens (including phenoxy) is 1. The summed E-state index contributed by atoms with van der Waals surface area (Å²) in [6.07, 6.45) is 1.43. The summed E-state index contributed by atoms with van der Waals surface area (Å²) in [7, 11) is 0. The van der Waals surface area contributed by atoms with Crippen molar-refractivity contribution in [1.29, 1.82) is 0 Å².